The Morgan fingerprint density at radius 1 is 1.56 bits per heavy atom. The average molecular weight is 284 g/mol. The number of nitrogens with one attached hydrogen (secondary N) is 1. The van der Waals surface area contributed by atoms with Crippen LogP contribution < -0.4 is 5.32 Å². The fourth-order valence-corrected chi connectivity index (χ4v) is 2.28. The zero-order chi connectivity index (χ0) is 13.0. The maximum atomic E-state index is 10.9. The van der Waals surface area contributed by atoms with E-state index in [1.165, 1.54) is 17.7 Å². The van der Waals surface area contributed by atoms with E-state index in [0.29, 0.717) is 12.1 Å². The second-order valence-electron chi connectivity index (χ2n) is 3.50. The topological polar surface area (TPSA) is 75.1 Å². The van der Waals surface area contributed by atoms with E-state index in [2.05, 4.69) is 15.3 Å². The van der Waals surface area contributed by atoms with Gasteiger partial charge in [-0.25, -0.2) is 9.97 Å². The summed E-state index contributed by atoms with van der Waals surface area (Å²) in [4.78, 5) is 18.5. The van der Waals surface area contributed by atoms with Crippen molar-refractivity contribution in [1.82, 2.24) is 9.97 Å². The molecule has 94 valence electrons. The van der Waals surface area contributed by atoms with Crippen molar-refractivity contribution in [3.8, 4) is 0 Å². The largest absolute Gasteiger partial charge is 0.387 e. The Bertz CT molecular complexity index is 533. The van der Waals surface area contributed by atoms with Crippen LogP contribution in [0.3, 0.4) is 0 Å². The molecule has 1 unspecified atom stereocenters. The van der Waals surface area contributed by atoms with Crippen LogP contribution in [0.5, 0.6) is 0 Å². The van der Waals surface area contributed by atoms with E-state index in [1.807, 2.05) is 16.8 Å². The van der Waals surface area contributed by atoms with Crippen molar-refractivity contribution in [2.24, 2.45) is 0 Å². The van der Waals surface area contributed by atoms with E-state index in [9.17, 15) is 9.90 Å². The Labute approximate surface area is 112 Å². The molecule has 0 fully saturated rings. The number of hydrogen-bond acceptors (Lipinski definition) is 6. The molecule has 18 heavy (non-hydrogen) atoms. The highest BCUT2D eigenvalue weighted by Crippen LogP contribution is 2.20. The Kier molecular flexibility index (Phi) is 4.24. The summed E-state index contributed by atoms with van der Waals surface area (Å²) in [5, 5.41) is 16.6. The number of aliphatic hydroxyl groups is 1. The van der Waals surface area contributed by atoms with Gasteiger partial charge in [0.15, 0.2) is 6.29 Å². The molecule has 0 saturated heterocycles. The van der Waals surface area contributed by atoms with Gasteiger partial charge in [0.25, 0.3) is 0 Å². The third-order valence-corrected chi connectivity index (χ3v) is 3.35. The van der Waals surface area contributed by atoms with Crippen LogP contribution in [-0.4, -0.2) is 27.9 Å². The second-order valence-corrected chi connectivity index (χ2v) is 4.64. The molecule has 2 aromatic heterocycles. The van der Waals surface area contributed by atoms with Gasteiger partial charge in [-0.2, -0.15) is 11.3 Å². The van der Waals surface area contributed by atoms with E-state index < -0.39 is 6.10 Å². The van der Waals surface area contributed by atoms with Crippen molar-refractivity contribution >= 4 is 35.0 Å². The summed E-state index contributed by atoms with van der Waals surface area (Å²) in [6.07, 6.45) is 1.18. The number of nitrogens with zero attached hydrogens (tertiary/aromatic N) is 2. The predicted molar refractivity (Wildman–Crippen MR) is 70.2 cm³/mol. The lowest BCUT2D eigenvalue weighted by Crippen LogP contribution is -2.14. The van der Waals surface area contributed by atoms with Crippen molar-refractivity contribution in [3.63, 3.8) is 0 Å². The van der Waals surface area contributed by atoms with Gasteiger partial charge in [-0.1, -0.05) is 11.6 Å². The van der Waals surface area contributed by atoms with Crippen molar-refractivity contribution < 1.29 is 9.90 Å². The normalized spacial score (nSPS) is 12.1. The molecule has 0 aromatic carbocycles. The minimum atomic E-state index is -0.663. The summed E-state index contributed by atoms with van der Waals surface area (Å²) in [5.41, 5.74) is 1.01. The number of thiophene rings is 1. The van der Waals surface area contributed by atoms with E-state index in [1.54, 1.807) is 0 Å². The smallest absolute Gasteiger partial charge is 0.156 e. The van der Waals surface area contributed by atoms with Gasteiger partial charge < -0.3 is 10.4 Å². The number of aromatic nitrogens is 2. The molecular formula is C11H10ClN3O2S. The molecular weight excluding hydrogens is 274 g/mol. The number of halogens is 1. The molecule has 2 N–H and O–H groups in total. The van der Waals surface area contributed by atoms with Crippen LogP contribution in [0.15, 0.2) is 23.2 Å². The molecule has 1 atom stereocenters. The number of aldehydes is 1. The van der Waals surface area contributed by atoms with Crippen LogP contribution in [-0.2, 0) is 0 Å². The molecule has 0 aliphatic heterocycles. The lowest BCUT2D eigenvalue weighted by molar-refractivity contribution is 0.112. The first-order valence-electron chi connectivity index (χ1n) is 5.12. The molecule has 2 rings (SSSR count). The van der Waals surface area contributed by atoms with Crippen LogP contribution >= 0.6 is 22.9 Å². The predicted octanol–water partition coefficient (Wildman–Crippen LogP) is 2.15. The maximum Gasteiger partial charge on any atom is 0.156 e. The van der Waals surface area contributed by atoms with Gasteiger partial charge >= 0.3 is 0 Å². The highest BCUT2D eigenvalue weighted by atomic mass is 35.5. The Balaban J connectivity index is 2.06. The van der Waals surface area contributed by atoms with Crippen molar-refractivity contribution in [2.45, 2.75) is 6.10 Å². The molecule has 0 aliphatic carbocycles. The molecule has 0 saturated carbocycles. The molecule has 2 heterocycles. The third kappa shape index (κ3) is 2.84. The highest BCUT2D eigenvalue weighted by molar-refractivity contribution is 7.07. The van der Waals surface area contributed by atoms with Gasteiger partial charge in [0.05, 0.1) is 11.7 Å². The number of hydrogen-bond donors (Lipinski definition) is 2. The molecule has 0 amide bonds. The molecule has 0 spiro atoms. The third-order valence-electron chi connectivity index (χ3n) is 2.34. The molecule has 0 radical (unpaired) electrons. The minimum Gasteiger partial charge on any atom is -0.387 e. The molecule has 0 bridgehead atoms. The number of carbonyl (C=O) groups excluding carboxylic acids is 1. The van der Waals surface area contributed by atoms with Crippen molar-refractivity contribution in [1.29, 1.82) is 0 Å². The Morgan fingerprint density at radius 2 is 2.39 bits per heavy atom. The first kappa shape index (κ1) is 12.9. The fraction of sp³-hybridized carbons (Fsp3) is 0.182. The second kappa shape index (κ2) is 5.90. The fourth-order valence-electron chi connectivity index (χ4n) is 1.40. The standard InChI is InChI=1S/C11H10ClN3O2S/c12-10-8(4-16)11(15-6-14-10)13-3-9(17)7-1-2-18-5-7/h1-2,4-6,9,17H,3H2,(H,13,14,15). The summed E-state index contributed by atoms with van der Waals surface area (Å²) >= 11 is 7.27. The van der Waals surface area contributed by atoms with Crippen LogP contribution in [0.2, 0.25) is 5.15 Å². The SMILES string of the molecule is O=Cc1c(Cl)ncnc1NCC(O)c1ccsc1. The number of rotatable bonds is 5. The monoisotopic (exact) mass is 283 g/mol. The van der Waals surface area contributed by atoms with Gasteiger partial charge in [-0.3, -0.25) is 4.79 Å². The lowest BCUT2D eigenvalue weighted by atomic mass is 10.2. The van der Waals surface area contributed by atoms with Gasteiger partial charge in [-0.05, 0) is 22.4 Å². The zero-order valence-corrected chi connectivity index (χ0v) is 10.8. The van der Waals surface area contributed by atoms with E-state index in [4.69, 9.17) is 11.6 Å². The summed E-state index contributed by atoms with van der Waals surface area (Å²) in [7, 11) is 0. The van der Waals surface area contributed by atoms with Gasteiger partial charge in [0, 0.05) is 6.54 Å². The number of anilines is 1. The van der Waals surface area contributed by atoms with Crippen LogP contribution in [0.25, 0.3) is 0 Å². The van der Waals surface area contributed by atoms with Crippen LogP contribution in [0.1, 0.15) is 22.0 Å². The summed E-state index contributed by atoms with van der Waals surface area (Å²) in [6.45, 7) is 0.241. The lowest BCUT2D eigenvalue weighted by Gasteiger charge is -2.12. The molecule has 0 aliphatic rings. The molecule has 2 aromatic rings. The zero-order valence-electron chi connectivity index (χ0n) is 9.21. The van der Waals surface area contributed by atoms with Gasteiger partial charge in [0.2, 0.25) is 0 Å². The number of carbonyl (C=O) groups is 1. The summed E-state index contributed by atoms with van der Waals surface area (Å²) in [5.74, 6) is 0.319. The van der Waals surface area contributed by atoms with Crippen LogP contribution in [0.4, 0.5) is 5.82 Å². The average Bonchev–Trinajstić information content (AvgIpc) is 2.90. The maximum absolute atomic E-state index is 10.9. The summed E-state index contributed by atoms with van der Waals surface area (Å²) < 4.78 is 0. The first-order chi connectivity index (χ1) is 8.72. The van der Waals surface area contributed by atoms with Crippen molar-refractivity contribution in [2.75, 3.05) is 11.9 Å². The van der Waals surface area contributed by atoms with Gasteiger partial charge in [0.1, 0.15) is 17.3 Å². The Morgan fingerprint density at radius 3 is 3.06 bits per heavy atom. The molecule has 7 heteroatoms. The number of aliphatic hydroxyl groups excluding tert-OH is 1. The van der Waals surface area contributed by atoms with Crippen LogP contribution in [0, 0.1) is 0 Å². The minimum absolute atomic E-state index is 0.0903. The highest BCUT2D eigenvalue weighted by Gasteiger charge is 2.12. The summed E-state index contributed by atoms with van der Waals surface area (Å²) in [6, 6.07) is 1.84. The molecule has 5 nitrogen and oxygen atoms in total. The van der Waals surface area contributed by atoms with Crippen molar-refractivity contribution in [3.05, 3.63) is 39.4 Å². The first-order valence-corrected chi connectivity index (χ1v) is 6.44. The Hall–Kier alpha value is -1.50. The van der Waals surface area contributed by atoms with E-state index in [-0.39, 0.29) is 17.3 Å². The van der Waals surface area contributed by atoms with Gasteiger partial charge in [-0.15, -0.1) is 0 Å². The quantitative estimate of drug-likeness (QED) is 0.650. The van der Waals surface area contributed by atoms with E-state index >= 15 is 0 Å². The van der Waals surface area contributed by atoms with E-state index in [0.717, 1.165) is 5.56 Å².